The van der Waals surface area contributed by atoms with Crippen molar-refractivity contribution in [1.29, 1.82) is 0 Å². The van der Waals surface area contributed by atoms with Gasteiger partial charge in [0.1, 0.15) is 12.1 Å². The summed E-state index contributed by atoms with van der Waals surface area (Å²) in [6, 6.07) is 8.43. The number of benzene rings is 1. The zero-order chi connectivity index (χ0) is 38.3. The van der Waals surface area contributed by atoms with Gasteiger partial charge < -0.3 is 29.0 Å². The minimum absolute atomic E-state index is 0.0535. The van der Waals surface area contributed by atoms with Gasteiger partial charge in [0, 0.05) is 72.8 Å². The molecule has 7 rings (SSSR count). The van der Waals surface area contributed by atoms with Crippen LogP contribution in [-0.2, 0) is 43.2 Å². The number of nitrogens with one attached hydrogen (secondary N) is 2. The number of hydrogen-bond donors (Lipinski definition) is 2. The van der Waals surface area contributed by atoms with Crippen LogP contribution in [0.2, 0.25) is 0 Å². The third kappa shape index (κ3) is 7.24. The molecule has 3 aromatic heterocycles. The van der Waals surface area contributed by atoms with E-state index in [4.69, 9.17) is 24.2 Å². The van der Waals surface area contributed by atoms with E-state index in [1.165, 1.54) is 16.3 Å². The highest BCUT2D eigenvalue weighted by Crippen LogP contribution is 2.42. The molecule has 5 atom stereocenters. The number of hydrazine groups is 1. The molecule has 0 saturated carbocycles. The molecule has 14 heteroatoms. The van der Waals surface area contributed by atoms with Crippen molar-refractivity contribution in [2.24, 2.45) is 5.41 Å². The number of fused-ring (bicyclic) bond motifs is 6. The zero-order valence-electron chi connectivity index (χ0n) is 32.2. The van der Waals surface area contributed by atoms with Crippen molar-refractivity contribution in [3.8, 4) is 22.5 Å². The fourth-order valence-electron chi connectivity index (χ4n) is 7.91. The second-order valence-corrected chi connectivity index (χ2v) is 16.3. The molecule has 288 valence electrons. The first-order chi connectivity index (χ1) is 25.9. The average Bonchev–Trinajstić information content (AvgIpc) is 3.77. The molecule has 3 aliphatic rings. The Morgan fingerprint density at radius 1 is 1.22 bits per heavy atom. The molecular formula is C40H51N7O6S. The Morgan fingerprint density at radius 3 is 2.78 bits per heavy atom. The number of nitrogens with zero attached hydrogens (tertiary/aromatic N) is 5. The standard InChI is InChI=1S/C40H51N7O6S/c1-8-45-32-14-13-25-17-27(32)28(36(45)26-11-9-15-41-35(26)24(3)51-6)19-40(4,5)22-53-38(49)29-12-10-16-47(44-29)37(48)30(18-34-42-31(25)21-54-34)43-39(50)46-20-33(52-7)23(46)2/h9,11,13-15,17,21,23-24,29-30,33,44H,8,10,12,16,18-20,22H2,1-7H3,(H,43,50)/t23-,24+,29+,30+,33-/m1/s1. The van der Waals surface area contributed by atoms with Crippen LogP contribution in [0.25, 0.3) is 33.4 Å². The van der Waals surface area contributed by atoms with Gasteiger partial charge in [-0.2, -0.15) is 0 Å². The smallest absolute Gasteiger partial charge is 0.324 e. The van der Waals surface area contributed by atoms with E-state index in [0.29, 0.717) is 37.4 Å². The molecule has 54 heavy (non-hydrogen) atoms. The third-order valence-electron chi connectivity index (χ3n) is 11.1. The lowest BCUT2D eigenvalue weighted by atomic mass is 9.84. The Balaban J connectivity index is 1.33. The van der Waals surface area contributed by atoms with E-state index in [1.54, 1.807) is 25.3 Å². The van der Waals surface area contributed by atoms with Gasteiger partial charge in [-0.05, 0) is 69.9 Å². The van der Waals surface area contributed by atoms with Crippen molar-refractivity contribution in [2.45, 2.75) is 97.2 Å². The Bertz CT molecular complexity index is 2040. The van der Waals surface area contributed by atoms with Gasteiger partial charge in [0.25, 0.3) is 5.91 Å². The lowest BCUT2D eigenvalue weighted by Gasteiger charge is -2.45. The summed E-state index contributed by atoms with van der Waals surface area (Å²) in [4.78, 5) is 52.8. The number of hydrogen-bond acceptors (Lipinski definition) is 10. The van der Waals surface area contributed by atoms with Crippen LogP contribution < -0.4 is 10.7 Å². The van der Waals surface area contributed by atoms with Crippen LogP contribution in [0.1, 0.15) is 69.8 Å². The Hall–Kier alpha value is -4.37. The number of carbonyl (C=O) groups is 3. The summed E-state index contributed by atoms with van der Waals surface area (Å²) < 4.78 is 19.6. The van der Waals surface area contributed by atoms with Crippen molar-refractivity contribution in [3.05, 3.63) is 58.2 Å². The molecular weight excluding hydrogens is 707 g/mol. The minimum atomic E-state index is -0.913. The quantitative estimate of drug-likeness (QED) is 0.244. The third-order valence-corrected chi connectivity index (χ3v) is 12.0. The van der Waals surface area contributed by atoms with Crippen molar-refractivity contribution in [3.63, 3.8) is 0 Å². The number of pyridine rings is 1. The number of aryl methyl sites for hydroxylation is 1. The number of carbonyl (C=O) groups excluding carboxylic acids is 3. The predicted octanol–water partition coefficient (Wildman–Crippen LogP) is 5.52. The number of esters is 1. The van der Waals surface area contributed by atoms with Crippen LogP contribution in [0, 0.1) is 5.41 Å². The lowest BCUT2D eigenvalue weighted by Crippen LogP contribution is -2.66. The summed E-state index contributed by atoms with van der Waals surface area (Å²) >= 11 is 1.46. The highest BCUT2D eigenvalue weighted by Gasteiger charge is 2.41. The second-order valence-electron chi connectivity index (χ2n) is 15.4. The molecule has 6 heterocycles. The molecule has 3 amide bonds. The van der Waals surface area contributed by atoms with Crippen molar-refractivity contribution in [2.75, 3.05) is 33.9 Å². The lowest BCUT2D eigenvalue weighted by molar-refractivity contribution is -0.155. The fourth-order valence-corrected chi connectivity index (χ4v) is 8.76. The maximum Gasteiger partial charge on any atom is 0.324 e. The molecule has 1 aromatic carbocycles. The normalized spacial score (nSPS) is 23.8. The van der Waals surface area contributed by atoms with Gasteiger partial charge in [0.2, 0.25) is 0 Å². The first kappa shape index (κ1) is 37.9. The summed E-state index contributed by atoms with van der Waals surface area (Å²) in [5.41, 5.74) is 9.56. The number of aromatic nitrogens is 3. The number of likely N-dealkylation sites (tertiary alicyclic amines) is 1. The monoisotopic (exact) mass is 757 g/mol. The van der Waals surface area contributed by atoms with E-state index < -0.39 is 23.5 Å². The van der Waals surface area contributed by atoms with Crippen LogP contribution in [0.4, 0.5) is 4.79 Å². The molecule has 0 radical (unpaired) electrons. The first-order valence-corrected chi connectivity index (χ1v) is 19.7. The second kappa shape index (κ2) is 15.4. The molecule has 4 aromatic rings. The molecule has 0 aliphatic carbocycles. The number of thiazole rings is 1. The molecule has 6 bridgehead atoms. The summed E-state index contributed by atoms with van der Waals surface area (Å²) in [6.07, 6.45) is 3.46. The first-order valence-electron chi connectivity index (χ1n) is 18.8. The van der Waals surface area contributed by atoms with Crippen molar-refractivity contribution in [1.82, 2.24) is 35.2 Å². The van der Waals surface area contributed by atoms with Gasteiger partial charge in [0.15, 0.2) is 0 Å². The number of rotatable bonds is 6. The van der Waals surface area contributed by atoms with E-state index in [0.717, 1.165) is 51.2 Å². The number of cyclic esters (lactones) is 1. The predicted molar refractivity (Wildman–Crippen MR) is 207 cm³/mol. The number of amides is 3. The van der Waals surface area contributed by atoms with Crippen LogP contribution in [-0.4, -0.2) is 100 Å². The van der Waals surface area contributed by atoms with Gasteiger partial charge >= 0.3 is 12.0 Å². The fraction of sp³-hybridized carbons (Fsp3) is 0.525. The molecule has 2 saturated heterocycles. The van der Waals surface area contributed by atoms with Crippen molar-refractivity contribution < 1.29 is 28.6 Å². The summed E-state index contributed by atoms with van der Waals surface area (Å²) in [7, 11) is 3.33. The largest absolute Gasteiger partial charge is 0.464 e. The summed E-state index contributed by atoms with van der Waals surface area (Å²) in [5.74, 6) is -0.735. The van der Waals surface area contributed by atoms with Crippen LogP contribution in [0.3, 0.4) is 0 Å². The SMILES string of the molecule is CCn1c(-c2cccnc2[C@H](C)OC)c2c3cc(ccc31)-c1csc(n1)C[C@H](NC(=O)N1C[C@@H](OC)[C@H]1C)C(=O)N1CCC[C@H](N1)C(=O)OCC(C)(C)C2. The molecule has 2 fully saturated rings. The van der Waals surface area contributed by atoms with Gasteiger partial charge in [0.05, 0.1) is 53.5 Å². The van der Waals surface area contributed by atoms with Crippen molar-refractivity contribution >= 4 is 40.1 Å². The van der Waals surface area contributed by atoms with E-state index in [9.17, 15) is 14.4 Å². The summed E-state index contributed by atoms with van der Waals surface area (Å²) in [6.45, 7) is 12.0. The van der Waals surface area contributed by atoms with Gasteiger partial charge in [-0.1, -0.05) is 19.9 Å². The van der Waals surface area contributed by atoms with Gasteiger partial charge in [-0.25, -0.2) is 15.2 Å². The summed E-state index contributed by atoms with van der Waals surface area (Å²) in [5, 5.41) is 8.27. The highest BCUT2D eigenvalue weighted by atomic mass is 32.1. The van der Waals surface area contributed by atoms with Crippen LogP contribution in [0.15, 0.2) is 41.9 Å². The molecule has 3 aliphatic heterocycles. The molecule has 13 nitrogen and oxygen atoms in total. The minimum Gasteiger partial charge on any atom is -0.464 e. The van der Waals surface area contributed by atoms with E-state index in [2.05, 4.69) is 60.3 Å². The number of urea groups is 1. The molecule has 0 unspecified atom stereocenters. The van der Waals surface area contributed by atoms with Crippen LogP contribution in [0.5, 0.6) is 0 Å². The Kier molecular flexibility index (Phi) is 10.8. The van der Waals surface area contributed by atoms with Crippen LogP contribution >= 0.6 is 11.3 Å². The van der Waals surface area contributed by atoms with E-state index in [-0.39, 0.29) is 43.2 Å². The molecule has 0 spiro atoms. The zero-order valence-corrected chi connectivity index (χ0v) is 33.0. The maximum absolute atomic E-state index is 14.2. The van der Waals surface area contributed by atoms with E-state index in [1.807, 2.05) is 25.3 Å². The van der Waals surface area contributed by atoms with E-state index >= 15 is 0 Å². The topological polar surface area (TPSA) is 140 Å². The Labute approximate surface area is 320 Å². The Morgan fingerprint density at radius 2 is 2.04 bits per heavy atom. The molecule has 2 N–H and O–H groups in total. The van der Waals surface area contributed by atoms with Gasteiger partial charge in [-0.3, -0.25) is 19.6 Å². The highest BCUT2D eigenvalue weighted by molar-refractivity contribution is 7.10. The number of methoxy groups -OCH3 is 2. The maximum atomic E-state index is 14.2. The van der Waals surface area contributed by atoms with Gasteiger partial charge in [-0.15, -0.1) is 11.3 Å². The average molecular weight is 758 g/mol. The number of ether oxygens (including phenoxy) is 3.